The molecule has 1 saturated heterocycles. The standard InChI is InChI=1S/C15H17N3O2/c19-15(20)12-7-4-8-18(10-12)14-9-13(16-17-14)11-5-2-1-3-6-11/h1-3,5-6,9,12H,4,7-8,10H2,(H,16,17)(H,19,20). The number of aliphatic carboxylic acids is 1. The van der Waals surface area contributed by atoms with Gasteiger partial charge in [0.1, 0.15) is 0 Å². The second-order valence-electron chi connectivity index (χ2n) is 5.13. The van der Waals surface area contributed by atoms with E-state index in [-0.39, 0.29) is 5.92 Å². The minimum Gasteiger partial charge on any atom is -0.481 e. The maximum Gasteiger partial charge on any atom is 0.308 e. The first-order valence-corrected chi connectivity index (χ1v) is 6.82. The molecule has 5 heteroatoms. The third kappa shape index (κ3) is 2.52. The Morgan fingerprint density at radius 2 is 2.15 bits per heavy atom. The summed E-state index contributed by atoms with van der Waals surface area (Å²) in [6.45, 7) is 1.40. The topological polar surface area (TPSA) is 69.2 Å². The van der Waals surface area contributed by atoms with Gasteiger partial charge in [0, 0.05) is 19.2 Å². The Hall–Kier alpha value is -2.30. The van der Waals surface area contributed by atoms with Gasteiger partial charge in [-0.3, -0.25) is 9.89 Å². The summed E-state index contributed by atoms with van der Waals surface area (Å²) in [5.41, 5.74) is 2.04. The highest BCUT2D eigenvalue weighted by atomic mass is 16.4. The summed E-state index contributed by atoms with van der Waals surface area (Å²) < 4.78 is 0. The Bertz CT molecular complexity index is 594. The normalized spacial score (nSPS) is 19.0. The minimum absolute atomic E-state index is 0.291. The number of aromatic nitrogens is 2. The van der Waals surface area contributed by atoms with Crippen molar-refractivity contribution >= 4 is 11.8 Å². The average molecular weight is 271 g/mol. The third-order valence-electron chi connectivity index (χ3n) is 3.74. The molecule has 20 heavy (non-hydrogen) atoms. The van der Waals surface area contributed by atoms with Gasteiger partial charge < -0.3 is 10.0 Å². The first kappa shape index (κ1) is 12.7. The third-order valence-corrected chi connectivity index (χ3v) is 3.74. The van der Waals surface area contributed by atoms with Crippen molar-refractivity contribution in [2.24, 2.45) is 5.92 Å². The number of carboxylic acid groups (broad SMARTS) is 1. The Morgan fingerprint density at radius 3 is 2.90 bits per heavy atom. The van der Waals surface area contributed by atoms with Crippen molar-refractivity contribution < 1.29 is 9.90 Å². The van der Waals surface area contributed by atoms with Crippen LogP contribution in [0.2, 0.25) is 0 Å². The highest BCUT2D eigenvalue weighted by molar-refractivity contribution is 5.71. The molecule has 5 nitrogen and oxygen atoms in total. The number of benzene rings is 1. The van der Waals surface area contributed by atoms with Crippen LogP contribution < -0.4 is 4.90 Å². The number of carboxylic acids is 1. The molecule has 0 radical (unpaired) electrons. The van der Waals surface area contributed by atoms with Crippen LogP contribution in [0.4, 0.5) is 5.82 Å². The lowest BCUT2D eigenvalue weighted by molar-refractivity contribution is -0.141. The number of nitrogens with one attached hydrogen (secondary N) is 1. The summed E-state index contributed by atoms with van der Waals surface area (Å²) in [6.07, 6.45) is 1.65. The van der Waals surface area contributed by atoms with E-state index in [1.165, 1.54) is 0 Å². The van der Waals surface area contributed by atoms with Gasteiger partial charge in [-0.2, -0.15) is 5.10 Å². The molecule has 1 atom stereocenters. The van der Waals surface area contributed by atoms with E-state index in [0.29, 0.717) is 6.54 Å². The van der Waals surface area contributed by atoms with E-state index in [0.717, 1.165) is 36.5 Å². The molecule has 104 valence electrons. The molecule has 1 aromatic heterocycles. The van der Waals surface area contributed by atoms with Crippen molar-refractivity contribution in [2.45, 2.75) is 12.8 Å². The van der Waals surface area contributed by atoms with Gasteiger partial charge in [0.25, 0.3) is 0 Å². The first-order chi connectivity index (χ1) is 9.74. The molecular formula is C15H17N3O2. The smallest absolute Gasteiger partial charge is 0.308 e. The summed E-state index contributed by atoms with van der Waals surface area (Å²) in [4.78, 5) is 13.1. The fourth-order valence-electron chi connectivity index (χ4n) is 2.63. The van der Waals surface area contributed by atoms with Crippen molar-refractivity contribution in [3.8, 4) is 11.3 Å². The Morgan fingerprint density at radius 1 is 1.35 bits per heavy atom. The van der Waals surface area contributed by atoms with Crippen molar-refractivity contribution in [3.63, 3.8) is 0 Å². The number of carbonyl (C=O) groups is 1. The molecule has 0 aliphatic carbocycles. The number of hydrogen-bond donors (Lipinski definition) is 2. The lowest BCUT2D eigenvalue weighted by atomic mass is 9.98. The molecule has 0 spiro atoms. The van der Waals surface area contributed by atoms with Gasteiger partial charge >= 0.3 is 5.97 Å². The van der Waals surface area contributed by atoms with Gasteiger partial charge in [-0.15, -0.1) is 0 Å². The zero-order valence-electron chi connectivity index (χ0n) is 11.1. The molecule has 2 heterocycles. The number of H-pyrrole nitrogens is 1. The zero-order chi connectivity index (χ0) is 13.9. The number of aromatic amines is 1. The van der Waals surface area contributed by atoms with Gasteiger partial charge in [-0.05, 0) is 18.4 Å². The van der Waals surface area contributed by atoms with Crippen LogP contribution in [0.25, 0.3) is 11.3 Å². The van der Waals surface area contributed by atoms with Crippen LogP contribution in [0.5, 0.6) is 0 Å². The molecule has 1 unspecified atom stereocenters. The molecule has 1 aliphatic rings. The van der Waals surface area contributed by atoms with Crippen molar-refractivity contribution in [1.82, 2.24) is 10.2 Å². The number of anilines is 1. The minimum atomic E-state index is -0.714. The van der Waals surface area contributed by atoms with Gasteiger partial charge in [0.05, 0.1) is 11.6 Å². The largest absolute Gasteiger partial charge is 0.481 e. The van der Waals surface area contributed by atoms with Crippen molar-refractivity contribution in [2.75, 3.05) is 18.0 Å². The highest BCUT2D eigenvalue weighted by Gasteiger charge is 2.26. The van der Waals surface area contributed by atoms with Gasteiger partial charge in [0.2, 0.25) is 0 Å². The number of hydrogen-bond acceptors (Lipinski definition) is 3. The van der Waals surface area contributed by atoms with Crippen molar-refractivity contribution in [1.29, 1.82) is 0 Å². The average Bonchev–Trinajstić information content (AvgIpc) is 2.98. The van der Waals surface area contributed by atoms with Crippen molar-refractivity contribution in [3.05, 3.63) is 36.4 Å². The van der Waals surface area contributed by atoms with Crippen LogP contribution in [0.3, 0.4) is 0 Å². The summed E-state index contributed by atoms with van der Waals surface area (Å²) in [6, 6.07) is 12.0. The lowest BCUT2D eigenvalue weighted by Gasteiger charge is -2.30. The Balaban J connectivity index is 1.78. The fourth-order valence-corrected chi connectivity index (χ4v) is 2.63. The van der Waals surface area contributed by atoms with E-state index in [1.54, 1.807) is 0 Å². The second kappa shape index (κ2) is 5.36. The summed E-state index contributed by atoms with van der Waals surface area (Å²) >= 11 is 0. The maximum atomic E-state index is 11.1. The molecule has 1 fully saturated rings. The van der Waals surface area contributed by atoms with E-state index in [2.05, 4.69) is 10.2 Å². The van der Waals surface area contributed by atoms with Gasteiger partial charge in [-0.1, -0.05) is 30.3 Å². The van der Waals surface area contributed by atoms with E-state index in [1.807, 2.05) is 41.3 Å². The lowest BCUT2D eigenvalue weighted by Crippen LogP contribution is -2.38. The monoisotopic (exact) mass is 271 g/mol. The summed E-state index contributed by atoms with van der Waals surface area (Å²) in [5.74, 6) is -0.177. The van der Waals surface area contributed by atoms with E-state index in [9.17, 15) is 4.79 Å². The van der Waals surface area contributed by atoms with Crippen LogP contribution >= 0.6 is 0 Å². The Labute approximate surface area is 117 Å². The highest BCUT2D eigenvalue weighted by Crippen LogP contribution is 2.25. The van der Waals surface area contributed by atoms with Crippen LogP contribution in [-0.4, -0.2) is 34.4 Å². The molecule has 2 N–H and O–H groups in total. The van der Waals surface area contributed by atoms with Gasteiger partial charge in [0.15, 0.2) is 5.82 Å². The van der Waals surface area contributed by atoms with Crippen LogP contribution in [-0.2, 0) is 4.79 Å². The summed E-state index contributed by atoms with van der Waals surface area (Å²) in [5, 5.41) is 16.5. The molecule has 3 rings (SSSR count). The van der Waals surface area contributed by atoms with E-state index in [4.69, 9.17) is 5.11 Å². The van der Waals surface area contributed by atoms with Crippen LogP contribution in [0, 0.1) is 5.92 Å². The summed E-state index contributed by atoms with van der Waals surface area (Å²) in [7, 11) is 0. The number of nitrogens with zero attached hydrogens (tertiary/aromatic N) is 2. The van der Waals surface area contributed by atoms with Crippen LogP contribution in [0.1, 0.15) is 12.8 Å². The number of rotatable bonds is 3. The zero-order valence-corrected chi connectivity index (χ0v) is 11.1. The molecule has 1 aliphatic heterocycles. The molecular weight excluding hydrogens is 254 g/mol. The SMILES string of the molecule is O=C(O)C1CCCN(c2cc(-c3ccccc3)[nH]n2)C1. The molecule has 0 amide bonds. The van der Waals surface area contributed by atoms with Crippen LogP contribution in [0.15, 0.2) is 36.4 Å². The predicted molar refractivity (Wildman–Crippen MR) is 76.6 cm³/mol. The molecule has 1 aromatic carbocycles. The quantitative estimate of drug-likeness (QED) is 0.899. The molecule has 2 aromatic rings. The van der Waals surface area contributed by atoms with Gasteiger partial charge in [-0.25, -0.2) is 0 Å². The molecule has 0 saturated carbocycles. The fraction of sp³-hybridized carbons (Fsp3) is 0.333. The van der Waals surface area contributed by atoms with E-state index < -0.39 is 5.97 Å². The maximum absolute atomic E-state index is 11.1. The Kier molecular flexibility index (Phi) is 3.41. The first-order valence-electron chi connectivity index (χ1n) is 6.82. The van der Waals surface area contributed by atoms with E-state index >= 15 is 0 Å². The number of piperidine rings is 1. The molecule has 0 bridgehead atoms. The predicted octanol–water partition coefficient (Wildman–Crippen LogP) is 2.38. The second-order valence-corrected chi connectivity index (χ2v) is 5.13.